The van der Waals surface area contributed by atoms with Crippen molar-refractivity contribution >= 4 is 5.84 Å². The van der Waals surface area contributed by atoms with E-state index in [4.69, 9.17) is 10.9 Å². The molecule has 4 N–H and O–H groups in total. The van der Waals surface area contributed by atoms with Crippen LogP contribution in [0, 0.1) is 5.82 Å². The van der Waals surface area contributed by atoms with Gasteiger partial charge >= 0.3 is 0 Å². The highest BCUT2D eigenvalue weighted by Gasteiger charge is 2.08. The van der Waals surface area contributed by atoms with Gasteiger partial charge in [-0.05, 0) is 32.4 Å². The Balaban J connectivity index is 2.26. The third-order valence-electron chi connectivity index (χ3n) is 2.81. The molecule has 0 fully saturated rings. The SMILES string of the molecule is CC(NCCCC/C(N)=N/O)c1ccccc1F. The average Bonchev–Trinajstić information content (AvgIpc) is 2.38. The summed E-state index contributed by atoms with van der Waals surface area (Å²) in [6.07, 6.45) is 2.31. The van der Waals surface area contributed by atoms with Crippen LogP contribution in [0.2, 0.25) is 0 Å². The molecule has 0 aliphatic heterocycles. The first-order chi connectivity index (χ1) is 8.65. The van der Waals surface area contributed by atoms with E-state index in [1.807, 2.05) is 13.0 Å². The van der Waals surface area contributed by atoms with Crippen LogP contribution in [0.1, 0.15) is 37.8 Å². The molecule has 0 spiro atoms. The Kier molecular flexibility index (Phi) is 6.14. The molecule has 0 amide bonds. The molecule has 0 bridgehead atoms. The van der Waals surface area contributed by atoms with E-state index in [0.717, 1.165) is 19.4 Å². The van der Waals surface area contributed by atoms with E-state index in [1.54, 1.807) is 12.1 Å². The Bertz CT molecular complexity index is 396. The van der Waals surface area contributed by atoms with Crippen molar-refractivity contribution in [3.8, 4) is 0 Å². The largest absolute Gasteiger partial charge is 0.409 e. The Labute approximate surface area is 107 Å². The fourth-order valence-corrected chi connectivity index (χ4v) is 1.74. The minimum Gasteiger partial charge on any atom is -0.409 e. The number of benzene rings is 1. The summed E-state index contributed by atoms with van der Waals surface area (Å²) in [5.41, 5.74) is 6.03. The predicted molar refractivity (Wildman–Crippen MR) is 70.1 cm³/mol. The van der Waals surface area contributed by atoms with Crippen LogP contribution in [0.25, 0.3) is 0 Å². The Morgan fingerprint density at radius 2 is 2.17 bits per heavy atom. The molecule has 5 heteroatoms. The molecule has 4 nitrogen and oxygen atoms in total. The number of rotatable bonds is 7. The van der Waals surface area contributed by atoms with Gasteiger partial charge in [0.25, 0.3) is 0 Å². The molecular formula is C13H20FN3O. The lowest BCUT2D eigenvalue weighted by Gasteiger charge is -2.14. The normalized spacial score (nSPS) is 13.6. The predicted octanol–water partition coefficient (Wildman–Crippen LogP) is 2.39. The van der Waals surface area contributed by atoms with Crippen LogP contribution in [0.15, 0.2) is 29.4 Å². The van der Waals surface area contributed by atoms with Crippen LogP contribution in [0.4, 0.5) is 4.39 Å². The van der Waals surface area contributed by atoms with Gasteiger partial charge < -0.3 is 16.3 Å². The van der Waals surface area contributed by atoms with Crippen molar-refractivity contribution in [2.24, 2.45) is 10.9 Å². The smallest absolute Gasteiger partial charge is 0.139 e. The topological polar surface area (TPSA) is 70.6 Å². The summed E-state index contributed by atoms with van der Waals surface area (Å²) < 4.78 is 13.5. The van der Waals surface area contributed by atoms with Gasteiger partial charge in [-0.15, -0.1) is 0 Å². The summed E-state index contributed by atoms with van der Waals surface area (Å²) in [6, 6.07) is 6.74. The Morgan fingerprint density at radius 3 is 2.83 bits per heavy atom. The standard InChI is InChI=1S/C13H20FN3O/c1-10(11-6-2-3-7-12(11)14)16-9-5-4-8-13(15)17-18/h2-3,6-7,10,16,18H,4-5,8-9H2,1H3,(H2,15,17). The molecule has 1 aromatic rings. The molecule has 0 saturated carbocycles. The van der Waals surface area contributed by atoms with Gasteiger partial charge in [0.2, 0.25) is 0 Å². The third kappa shape index (κ3) is 4.71. The van der Waals surface area contributed by atoms with E-state index >= 15 is 0 Å². The van der Waals surface area contributed by atoms with E-state index in [9.17, 15) is 4.39 Å². The van der Waals surface area contributed by atoms with Gasteiger partial charge in [-0.1, -0.05) is 23.4 Å². The van der Waals surface area contributed by atoms with Crippen molar-refractivity contribution in [3.05, 3.63) is 35.6 Å². The fourth-order valence-electron chi connectivity index (χ4n) is 1.74. The van der Waals surface area contributed by atoms with Crippen LogP contribution in [-0.4, -0.2) is 17.6 Å². The molecule has 1 aromatic carbocycles. The van der Waals surface area contributed by atoms with E-state index in [2.05, 4.69) is 10.5 Å². The van der Waals surface area contributed by atoms with Gasteiger partial charge in [-0.3, -0.25) is 0 Å². The van der Waals surface area contributed by atoms with Gasteiger partial charge in [0.05, 0.1) is 0 Å². The number of oxime groups is 1. The van der Waals surface area contributed by atoms with E-state index in [1.165, 1.54) is 6.07 Å². The van der Waals surface area contributed by atoms with Gasteiger partial charge in [0.1, 0.15) is 11.7 Å². The minimum absolute atomic E-state index is 0.0185. The number of hydrogen-bond acceptors (Lipinski definition) is 3. The summed E-state index contributed by atoms with van der Waals surface area (Å²) >= 11 is 0. The Morgan fingerprint density at radius 1 is 1.44 bits per heavy atom. The second-order valence-corrected chi connectivity index (χ2v) is 4.25. The maximum atomic E-state index is 13.5. The molecule has 1 atom stereocenters. The average molecular weight is 253 g/mol. The van der Waals surface area contributed by atoms with Gasteiger partial charge in [0.15, 0.2) is 0 Å². The molecule has 0 radical (unpaired) electrons. The molecule has 100 valence electrons. The summed E-state index contributed by atoms with van der Waals surface area (Å²) in [5.74, 6) is 0.0614. The minimum atomic E-state index is -0.186. The summed E-state index contributed by atoms with van der Waals surface area (Å²) in [6.45, 7) is 2.70. The zero-order valence-electron chi connectivity index (χ0n) is 10.6. The number of nitrogens with one attached hydrogen (secondary N) is 1. The lowest BCUT2D eigenvalue weighted by molar-refractivity contribution is 0.316. The maximum Gasteiger partial charge on any atom is 0.139 e. The number of unbranched alkanes of at least 4 members (excludes halogenated alkanes) is 1. The first-order valence-electron chi connectivity index (χ1n) is 6.09. The van der Waals surface area contributed by atoms with Crippen molar-refractivity contribution in [3.63, 3.8) is 0 Å². The summed E-state index contributed by atoms with van der Waals surface area (Å²) in [4.78, 5) is 0. The van der Waals surface area contributed by atoms with Crippen molar-refractivity contribution in [2.75, 3.05) is 6.54 Å². The molecule has 0 aromatic heterocycles. The molecule has 0 aliphatic carbocycles. The summed E-state index contributed by atoms with van der Waals surface area (Å²) in [7, 11) is 0. The van der Waals surface area contributed by atoms with Gasteiger partial charge in [0, 0.05) is 18.0 Å². The Hall–Kier alpha value is -1.62. The van der Waals surface area contributed by atoms with Gasteiger partial charge in [-0.25, -0.2) is 4.39 Å². The number of hydrogen-bond donors (Lipinski definition) is 3. The molecule has 0 saturated heterocycles. The number of nitrogens with two attached hydrogens (primary N) is 1. The first kappa shape index (κ1) is 14.4. The lowest BCUT2D eigenvalue weighted by atomic mass is 10.1. The molecule has 0 heterocycles. The van der Waals surface area contributed by atoms with Gasteiger partial charge in [-0.2, -0.15) is 0 Å². The second-order valence-electron chi connectivity index (χ2n) is 4.25. The zero-order valence-corrected chi connectivity index (χ0v) is 10.6. The van der Waals surface area contributed by atoms with E-state index < -0.39 is 0 Å². The highest BCUT2D eigenvalue weighted by Crippen LogP contribution is 2.15. The van der Waals surface area contributed by atoms with Crippen LogP contribution in [0.3, 0.4) is 0 Å². The molecule has 1 unspecified atom stereocenters. The number of nitrogens with zero attached hydrogens (tertiary/aromatic N) is 1. The highest BCUT2D eigenvalue weighted by molar-refractivity contribution is 5.79. The quantitative estimate of drug-likeness (QED) is 0.230. The molecule has 18 heavy (non-hydrogen) atoms. The molecule has 0 aliphatic rings. The summed E-state index contributed by atoms with van der Waals surface area (Å²) in [5, 5.41) is 14.5. The van der Waals surface area contributed by atoms with Crippen molar-refractivity contribution in [1.29, 1.82) is 0 Å². The van der Waals surface area contributed by atoms with Crippen molar-refractivity contribution in [1.82, 2.24) is 5.32 Å². The third-order valence-corrected chi connectivity index (χ3v) is 2.81. The van der Waals surface area contributed by atoms with Crippen LogP contribution < -0.4 is 11.1 Å². The first-order valence-corrected chi connectivity index (χ1v) is 6.09. The second kappa shape index (κ2) is 7.66. The fraction of sp³-hybridized carbons (Fsp3) is 0.462. The lowest BCUT2D eigenvalue weighted by Crippen LogP contribution is -2.21. The van der Waals surface area contributed by atoms with E-state index in [-0.39, 0.29) is 17.7 Å². The maximum absolute atomic E-state index is 13.5. The van der Waals surface area contributed by atoms with Crippen LogP contribution in [-0.2, 0) is 0 Å². The number of amidine groups is 1. The zero-order chi connectivity index (χ0) is 13.4. The highest BCUT2D eigenvalue weighted by atomic mass is 19.1. The van der Waals surface area contributed by atoms with E-state index in [0.29, 0.717) is 12.0 Å². The van der Waals surface area contributed by atoms with Crippen molar-refractivity contribution in [2.45, 2.75) is 32.2 Å². The monoisotopic (exact) mass is 253 g/mol. The van der Waals surface area contributed by atoms with Crippen LogP contribution in [0.5, 0.6) is 0 Å². The van der Waals surface area contributed by atoms with Crippen molar-refractivity contribution < 1.29 is 9.60 Å². The van der Waals surface area contributed by atoms with Crippen LogP contribution >= 0.6 is 0 Å². The number of halogens is 1. The molecule has 1 rings (SSSR count). The molecular weight excluding hydrogens is 233 g/mol.